The van der Waals surface area contributed by atoms with E-state index in [1.54, 1.807) is 0 Å². The minimum absolute atomic E-state index is 0. The fourth-order valence-electron chi connectivity index (χ4n) is 3.54. The molecule has 0 atom stereocenters. The predicted molar refractivity (Wildman–Crippen MR) is 120 cm³/mol. The maximum atomic E-state index is 2.98. The van der Waals surface area contributed by atoms with E-state index in [0.29, 0.717) is 0 Å². The molecule has 28 heavy (non-hydrogen) atoms. The van der Waals surface area contributed by atoms with Gasteiger partial charge < -0.3 is 24.0 Å². The van der Waals surface area contributed by atoms with Gasteiger partial charge in [-0.05, 0) is 0 Å². The van der Waals surface area contributed by atoms with Gasteiger partial charge in [0.05, 0.1) is 0 Å². The van der Waals surface area contributed by atoms with Gasteiger partial charge >= 0.3 is 196 Å². The first-order valence-electron chi connectivity index (χ1n) is 12.5. The van der Waals surface area contributed by atoms with Crippen molar-refractivity contribution in [2.75, 3.05) is 26.2 Å². The van der Waals surface area contributed by atoms with Crippen LogP contribution in [0.1, 0.15) is 130 Å². The van der Waals surface area contributed by atoms with Gasteiger partial charge in [0.2, 0.25) is 0 Å². The molecule has 0 spiro atoms. The summed E-state index contributed by atoms with van der Waals surface area (Å²) in [4.78, 5) is 0. The third-order valence-corrected chi connectivity index (χ3v) is 10.1. The Morgan fingerprint density at radius 3 is 0.857 bits per heavy atom. The van der Waals surface area contributed by atoms with Crippen molar-refractivity contribution in [2.24, 2.45) is 0 Å². The zero-order valence-corrected chi connectivity index (χ0v) is 25.3. The van der Waals surface area contributed by atoms with Crippen LogP contribution in [0.25, 0.3) is 0 Å². The number of unbranched alkanes of at least 4 members (excludes halogenated alkanes) is 12. The van der Waals surface area contributed by atoms with Crippen LogP contribution in [-0.4, -0.2) is 28.1 Å². The average Bonchev–Trinajstić information content (AvgIpc) is 2.68. The van der Waals surface area contributed by atoms with Crippen molar-refractivity contribution in [3.05, 3.63) is 0 Å². The van der Waals surface area contributed by atoms with E-state index in [0.717, 1.165) is 0 Å². The summed E-state index contributed by atoms with van der Waals surface area (Å²) in [6.45, 7) is 14.9. The van der Waals surface area contributed by atoms with Crippen LogP contribution < -0.4 is 24.0 Å². The fraction of sp³-hybridized carbons (Fsp3) is 1.00. The van der Waals surface area contributed by atoms with E-state index >= 15 is 0 Å². The second kappa shape index (κ2) is 27.0. The van der Waals surface area contributed by atoms with Gasteiger partial charge in [-0.2, -0.15) is 0 Å². The molecule has 0 unspecified atom stereocenters. The summed E-state index contributed by atoms with van der Waals surface area (Å²) in [6, 6.07) is 0. The molecule has 0 aromatic rings. The van der Waals surface area contributed by atoms with Crippen LogP contribution >= 0.6 is 0 Å². The number of nitrogens with zero attached hydrogens (tertiary/aromatic N) is 2. The molecule has 0 amide bonds. The molecule has 0 fully saturated rings. The van der Waals surface area contributed by atoms with Crippen LogP contribution in [0.3, 0.4) is 0 Å². The number of halogens is 1. The summed E-state index contributed by atoms with van der Waals surface area (Å²) >= 11 is -0.811. The Hall–Kier alpha value is 2.00. The van der Waals surface area contributed by atoms with E-state index in [9.17, 15) is 0 Å². The van der Waals surface area contributed by atoms with Crippen molar-refractivity contribution >= 4 is 0 Å². The van der Waals surface area contributed by atoms with Gasteiger partial charge in [0.1, 0.15) is 0 Å². The van der Waals surface area contributed by atoms with Gasteiger partial charge in [-0.15, -0.1) is 0 Å². The second-order valence-electron chi connectivity index (χ2n) is 8.32. The molecule has 0 aliphatic carbocycles. The van der Waals surface area contributed by atoms with Crippen LogP contribution in [0.5, 0.6) is 0 Å². The summed E-state index contributed by atoms with van der Waals surface area (Å²) in [5, 5.41) is 0. The molecule has 0 heterocycles. The van der Waals surface area contributed by atoms with Gasteiger partial charge in [-0.1, -0.05) is 0 Å². The largest absolute Gasteiger partial charge is 1.00 e. The smallest absolute Gasteiger partial charge is 1.00 e. The zero-order chi connectivity index (χ0) is 20.0. The van der Waals surface area contributed by atoms with E-state index < -0.39 is 37.5 Å². The van der Waals surface area contributed by atoms with Crippen molar-refractivity contribution in [2.45, 2.75) is 130 Å². The molecular formula is C24H52IN2Nd. The standard InChI is InChI=1S/2C12H26N.HI.Nd/c2*1-3-5-7-9-11-13-12-10-8-6-4-2;;/h2*3-12H2,1-2H3;1H;/q2*-1;;+3/p-1. The molecule has 0 aromatic heterocycles. The first-order chi connectivity index (χ1) is 13.3. The first-order valence-corrected chi connectivity index (χ1v) is 15.4. The Kier molecular flexibility index (Phi) is 31.1. The van der Waals surface area contributed by atoms with E-state index in [1.165, 1.54) is 129 Å². The van der Waals surface area contributed by atoms with Crippen LogP contribution in [-0.2, 0) is 0 Å². The molecule has 0 saturated heterocycles. The average molecular weight is 640 g/mol. The molecular weight excluding hydrogens is 587 g/mol. The second-order valence-corrected chi connectivity index (χ2v) is 13.0. The summed E-state index contributed by atoms with van der Waals surface area (Å²) < 4.78 is 5.95. The van der Waals surface area contributed by atoms with Gasteiger partial charge in [0.15, 0.2) is 0 Å². The van der Waals surface area contributed by atoms with Gasteiger partial charge in [0, 0.05) is 0 Å². The molecule has 0 radical (unpaired) electrons. The van der Waals surface area contributed by atoms with E-state index in [4.69, 9.17) is 0 Å². The number of rotatable bonds is 22. The SMILES string of the molecule is CCCCCC[N](CCCCCC)[Nd+][N](CCCCCC)CCCCCC.[I-]. The minimum Gasteiger partial charge on any atom is -1.00 e. The molecule has 0 aliphatic rings. The van der Waals surface area contributed by atoms with Crippen molar-refractivity contribution in [3.8, 4) is 0 Å². The Labute approximate surface area is 217 Å². The Bertz CT molecular complexity index is 229. The molecule has 2 nitrogen and oxygen atoms in total. The summed E-state index contributed by atoms with van der Waals surface area (Å²) in [7, 11) is 0. The Morgan fingerprint density at radius 2 is 0.643 bits per heavy atom. The van der Waals surface area contributed by atoms with Gasteiger partial charge in [0.25, 0.3) is 0 Å². The number of hydrogen-bond donors (Lipinski definition) is 0. The molecule has 0 aromatic carbocycles. The third kappa shape index (κ3) is 22.7. The van der Waals surface area contributed by atoms with Crippen molar-refractivity contribution in [1.82, 2.24) is 1.97 Å². The normalized spacial score (nSPS) is 11.1. The minimum atomic E-state index is -0.811. The zero-order valence-electron chi connectivity index (χ0n) is 19.9. The maximum Gasteiger partial charge on any atom is -1.00 e. The van der Waals surface area contributed by atoms with Crippen LogP contribution in [0.15, 0.2) is 0 Å². The van der Waals surface area contributed by atoms with Crippen LogP contribution in [0.2, 0.25) is 0 Å². The maximum absolute atomic E-state index is 2.98. The molecule has 0 bridgehead atoms. The topological polar surface area (TPSA) is 6.48 Å². The Balaban J connectivity index is 0. The molecule has 4 heteroatoms. The van der Waals surface area contributed by atoms with Crippen LogP contribution in [0.4, 0.5) is 0 Å². The monoisotopic (exact) mass is 637 g/mol. The molecule has 0 aliphatic heterocycles. The quantitative estimate of drug-likeness (QED) is 0.124. The van der Waals surface area contributed by atoms with Gasteiger partial charge in [-0.25, -0.2) is 0 Å². The number of hydrogen-bond acceptors (Lipinski definition) is 2. The first kappa shape index (κ1) is 32.2. The predicted octanol–water partition coefficient (Wildman–Crippen LogP) is 4.83. The van der Waals surface area contributed by atoms with E-state index in [-0.39, 0.29) is 24.0 Å². The molecule has 0 N–H and O–H groups in total. The summed E-state index contributed by atoms with van der Waals surface area (Å²) in [5.74, 6) is 0. The van der Waals surface area contributed by atoms with Crippen molar-refractivity contribution < 1.29 is 61.5 Å². The fourth-order valence-corrected chi connectivity index (χ4v) is 8.14. The van der Waals surface area contributed by atoms with E-state index in [2.05, 4.69) is 29.7 Å². The van der Waals surface area contributed by atoms with Gasteiger partial charge in [-0.3, -0.25) is 0 Å². The third-order valence-electron chi connectivity index (χ3n) is 5.41. The van der Waals surface area contributed by atoms with E-state index in [1.807, 2.05) is 0 Å². The molecule has 0 saturated carbocycles. The van der Waals surface area contributed by atoms with Crippen molar-refractivity contribution in [1.29, 1.82) is 0 Å². The summed E-state index contributed by atoms with van der Waals surface area (Å²) in [6.07, 6.45) is 22.7. The summed E-state index contributed by atoms with van der Waals surface area (Å²) in [5.41, 5.74) is 0. The molecule has 0 rings (SSSR count). The molecule has 169 valence electrons. The van der Waals surface area contributed by atoms with Crippen LogP contribution in [0, 0.1) is 37.5 Å². The van der Waals surface area contributed by atoms with Crippen molar-refractivity contribution in [3.63, 3.8) is 0 Å². The Morgan fingerprint density at radius 1 is 0.393 bits per heavy atom.